The van der Waals surface area contributed by atoms with Crippen LogP contribution in [0.3, 0.4) is 0 Å². The summed E-state index contributed by atoms with van der Waals surface area (Å²) in [6.07, 6.45) is 0. The smallest absolute Gasteiger partial charge is 0.0403 e. The van der Waals surface area contributed by atoms with Crippen molar-refractivity contribution >= 4 is 0 Å². The van der Waals surface area contributed by atoms with Crippen LogP contribution in [0.25, 0.3) is 11.1 Å². The van der Waals surface area contributed by atoms with Crippen LogP contribution in [0, 0.1) is 0 Å². The summed E-state index contributed by atoms with van der Waals surface area (Å²) in [5.41, 5.74) is 12.1. The number of hydrogen-bond donors (Lipinski definition) is 2. The van der Waals surface area contributed by atoms with Crippen LogP contribution in [0.1, 0.15) is 0 Å². The second kappa shape index (κ2) is 2.62. The molecule has 48 valence electrons. The monoisotopic (exact) mass is 122 g/mol. The Kier molecular flexibility index (Phi) is 1.82. The van der Waals surface area contributed by atoms with Crippen LogP contribution in [0.15, 0.2) is 24.3 Å². The van der Waals surface area contributed by atoms with Crippen LogP contribution in [0.4, 0.5) is 0 Å². The van der Waals surface area contributed by atoms with Gasteiger partial charge in [-0.1, -0.05) is 24.3 Å². The molecule has 2 rings (SSSR count). The molecule has 0 saturated heterocycles. The van der Waals surface area contributed by atoms with Gasteiger partial charge in [-0.2, -0.15) is 0 Å². The first-order valence-corrected chi connectivity index (χ1v) is 2.89. The highest BCUT2D eigenvalue weighted by molar-refractivity contribution is 5.75. The molecule has 4 N–H and O–H groups in total. The minimum absolute atomic E-state index is 0.250. The van der Waals surface area contributed by atoms with Crippen molar-refractivity contribution in [3.63, 3.8) is 0 Å². The number of benzene rings is 1. The highest BCUT2D eigenvalue weighted by atomic mass is 14.7. The van der Waals surface area contributed by atoms with E-state index in [4.69, 9.17) is 0 Å². The van der Waals surface area contributed by atoms with Gasteiger partial charge in [0, 0.05) is 6.67 Å². The lowest BCUT2D eigenvalue weighted by atomic mass is 9.95. The maximum atomic E-state index is 4.62. The SMILES string of the molecule is NCN.c1cc2ccc1-2. The largest absolute Gasteiger partial charge is 0.319 e. The van der Waals surface area contributed by atoms with Gasteiger partial charge in [0.05, 0.1) is 0 Å². The van der Waals surface area contributed by atoms with Crippen LogP contribution < -0.4 is 11.5 Å². The Bertz CT molecular complexity index is 158. The Morgan fingerprint density at radius 1 is 0.889 bits per heavy atom. The fraction of sp³-hybridized carbons (Fsp3) is 0.143. The predicted octanol–water partition coefficient (Wildman–Crippen LogP) is 0.528. The topological polar surface area (TPSA) is 52.0 Å². The Morgan fingerprint density at radius 3 is 1.11 bits per heavy atom. The van der Waals surface area contributed by atoms with E-state index < -0.39 is 0 Å². The first kappa shape index (κ1) is 6.26. The molecule has 0 heterocycles. The van der Waals surface area contributed by atoms with Gasteiger partial charge < -0.3 is 11.5 Å². The number of hydrogen-bond acceptors (Lipinski definition) is 2. The Labute approximate surface area is 54.5 Å². The highest BCUT2D eigenvalue weighted by Crippen LogP contribution is 2.29. The van der Waals surface area contributed by atoms with Crippen molar-refractivity contribution in [1.82, 2.24) is 0 Å². The minimum Gasteiger partial charge on any atom is -0.319 e. The summed E-state index contributed by atoms with van der Waals surface area (Å²) in [4.78, 5) is 0. The van der Waals surface area contributed by atoms with Crippen LogP contribution >= 0.6 is 0 Å². The summed E-state index contributed by atoms with van der Waals surface area (Å²) >= 11 is 0. The molecule has 0 atom stereocenters. The molecule has 0 amide bonds. The van der Waals surface area contributed by atoms with Gasteiger partial charge in [0.25, 0.3) is 0 Å². The van der Waals surface area contributed by atoms with E-state index in [0.717, 1.165) is 0 Å². The molecule has 2 aliphatic rings. The first-order chi connectivity index (χ1) is 4.38. The summed E-state index contributed by atoms with van der Waals surface area (Å²) in [6, 6.07) is 8.48. The van der Waals surface area contributed by atoms with Crippen molar-refractivity contribution in [3.8, 4) is 11.1 Å². The summed E-state index contributed by atoms with van der Waals surface area (Å²) in [5.74, 6) is 0. The van der Waals surface area contributed by atoms with Crippen molar-refractivity contribution in [2.75, 3.05) is 6.67 Å². The molecule has 0 radical (unpaired) electrons. The number of nitrogens with two attached hydrogens (primary N) is 2. The summed E-state index contributed by atoms with van der Waals surface area (Å²) in [5, 5.41) is 0. The highest BCUT2D eigenvalue weighted by Gasteiger charge is 2.03. The van der Waals surface area contributed by atoms with Gasteiger partial charge in [0.1, 0.15) is 0 Å². The van der Waals surface area contributed by atoms with Gasteiger partial charge in [-0.3, -0.25) is 0 Å². The van der Waals surface area contributed by atoms with Gasteiger partial charge >= 0.3 is 0 Å². The molecule has 0 aromatic carbocycles. The molecule has 0 unspecified atom stereocenters. The first-order valence-electron chi connectivity index (χ1n) is 2.89. The molecule has 0 aliphatic heterocycles. The molecule has 2 aliphatic carbocycles. The molecular formula is C7H10N2. The third-order valence-corrected chi connectivity index (χ3v) is 1.22. The second-order valence-electron chi connectivity index (χ2n) is 1.81. The van der Waals surface area contributed by atoms with E-state index in [1.165, 1.54) is 11.1 Å². The Balaban J connectivity index is 0.000000120. The van der Waals surface area contributed by atoms with E-state index in [1.807, 2.05) is 0 Å². The molecule has 0 spiro atoms. The summed E-state index contributed by atoms with van der Waals surface area (Å²) in [7, 11) is 0. The molecule has 2 nitrogen and oxygen atoms in total. The molecule has 9 heavy (non-hydrogen) atoms. The van der Waals surface area contributed by atoms with Gasteiger partial charge in [-0.05, 0) is 11.1 Å². The second-order valence-corrected chi connectivity index (χ2v) is 1.81. The third-order valence-electron chi connectivity index (χ3n) is 1.22. The summed E-state index contributed by atoms with van der Waals surface area (Å²) in [6.45, 7) is 0.250. The van der Waals surface area contributed by atoms with Crippen molar-refractivity contribution in [2.45, 2.75) is 0 Å². The Morgan fingerprint density at radius 2 is 1.11 bits per heavy atom. The van der Waals surface area contributed by atoms with Gasteiger partial charge in [-0.25, -0.2) is 0 Å². The van der Waals surface area contributed by atoms with Crippen LogP contribution in [0.2, 0.25) is 0 Å². The van der Waals surface area contributed by atoms with Crippen LogP contribution in [-0.2, 0) is 0 Å². The molecule has 0 saturated carbocycles. The average Bonchev–Trinajstić information content (AvgIpc) is 1.81. The zero-order valence-corrected chi connectivity index (χ0v) is 5.17. The van der Waals surface area contributed by atoms with E-state index in [9.17, 15) is 0 Å². The average molecular weight is 122 g/mol. The van der Waals surface area contributed by atoms with Crippen LogP contribution in [0.5, 0.6) is 0 Å². The van der Waals surface area contributed by atoms with Crippen molar-refractivity contribution in [2.24, 2.45) is 11.5 Å². The molecule has 0 bridgehead atoms. The normalized spacial score (nSPS) is 9.56. The number of fused-ring (bicyclic) bond motifs is 1. The molecular weight excluding hydrogens is 112 g/mol. The lowest BCUT2D eigenvalue weighted by Gasteiger charge is -2.10. The zero-order valence-electron chi connectivity index (χ0n) is 5.17. The predicted molar refractivity (Wildman–Crippen MR) is 38.7 cm³/mol. The standard InChI is InChI=1S/C6H4.CH6N2/c1-2-6-4-3-5(1)6;2-1-3/h1-4H;1-3H2. The van der Waals surface area contributed by atoms with E-state index in [-0.39, 0.29) is 6.67 Å². The maximum absolute atomic E-state index is 4.62. The lowest BCUT2D eigenvalue weighted by molar-refractivity contribution is 1.07. The maximum Gasteiger partial charge on any atom is 0.0403 e. The van der Waals surface area contributed by atoms with E-state index in [0.29, 0.717) is 0 Å². The fourth-order valence-corrected chi connectivity index (χ4v) is 0.663. The summed E-state index contributed by atoms with van der Waals surface area (Å²) < 4.78 is 0. The molecule has 0 aromatic heterocycles. The van der Waals surface area contributed by atoms with E-state index in [1.54, 1.807) is 0 Å². The molecule has 0 aromatic rings. The Hall–Kier alpha value is -0.860. The van der Waals surface area contributed by atoms with E-state index >= 15 is 0 Å². The third kappa shape index (κ3) is 1.09. The van der Waals surface area contributed by atoms with Crippen molar-refractivity contribution in [3.05, 3.63) is 24.3 Å². The van der Waals surface area contributed by atoms with Crippen molar-refractivity contribution < 1.29 is 0 Å². The molecule has 2 heteroatoms. The minimum atomic E-state index is 0.250. The lowest BCUT2D eigenvalue weighted by Crippen LogP contribution is -2.08. The molecule has 0 fully saturated rings. The van der Waals surface area contributed by atoms with Crippen LogP contribution in [-0.4, -0.2) is 6.67 Å². The van der Waals surface area contributed by atoms with Gasteiger partial charge in [-0.15, -0.1) is 0 Å². The van der Waals surface area contributed by atoms with Crippen molar-refractivity contribution in [1.29, 1.82) is 0 Å². The fourth-order valence-electron chi connectivity index (χ4n) is 0.663. The van der Waals surface area contributed by atoms with E-state index in [2.05, 4.69) is 35.7 Å². The zero-order chi connectivity index (χ0) is 6.69. The van der Waals surface area contributed by atoms with Gasteiger partial charge in [0.15, 0.2) is 0 Å². The quantitative estimate of drug-likeness (QED) is 0.501. The number of rotatable bonds is 0. The van der Waals surface area contributed by atoms with Gasteiger partial charge in [0.2, 0.25) is 0 Å².